The molecule has 0 N–H and O–H groups in total. The lowest BCUT2D eigenvalue weighted by atomic mass is 10.0. The summed E-state index contributed by atoms with van der Waals surface area (Å²) in [5.41, 5.74) is 1.60. The zero-order valence-electron chi connectivity index (χ0n) is 16.6. The Morgan fingerprint density at radius 3 is 2.57 bits per heavy atom. The van der Waals surface area contributed by atoms with Gasteiger partial charge in [-0.05, 0) is 24.3 Å². The van der Waals surface area contributed by atoms with Gasteiger partial charge in [0, 0.05) is 26.2 Å². The van der Waals surface area contributed by atoms with Crippen LogP contribution in [0.1, 0.15) is 48.8 Å². The summed E-state index contributed by atoms with van der Waals surface area (Å²) in [6.07, 6.45) is 5.54. The Morgan fingerprint density at radius 2 is 1.86 bits per heavy atom. The van der Waals surface area contributed by atoms with E-state index in [4.69, 9.17) is 4.74 Å². The van der Waals surface area contributed by atoms with Crippen LogP contribution in [0.3, 0.4) is 0 Å². The van der Waals surface area contributed by atoms with Crippen molar-refractivity contribution in [2.24, 2.45) is 5.92 Å². The molecule has 1 amide bonds. The minimum atomic E-state index is -0.0258. The summed E-state index contributed by atoms with van der Waals surface area (Å²) < 4.78 is 6.38. The van der Waals surface area contributed by atoms with Crippen LogP contribution in [0.25, 0.3) is 0 Å². The van der Waals surface area contributed by atoms with Gasteiger partial charge in [0.2, 0.25) is 0 Å². The van der Waals surface area contributed by atoms with Crippen LogP contribution in [0, 0.1) is 5.92 Å². The molecule has 2 fully saturated rings. The van der Waals surface area contributed by atoms with Gasteiger partial charge in [0.25, 0.3) is 5.91 Å². The number of carbonyl (C=O) groups excluding carboxylic acids is 1. The molecule has 28 heavy (non-hydrogen) atoms. The Morgan fingerprint density at radius 1 is 1.11 bits per heavy atom. The van der Waals surface area contributed by atoms with Crippen molar-refractivity contribution in [3.8, 4) is 0 Å². The Hall–Kier alpha value is -2.47. The number of aromatic nitrogens is 2. The fraction of sp³-hybridized carbons (Fsp3) is 0.500. The Kier molecular flexibility index (Phi) is 5.57. The molecule has 2 aliphatic rings. The maximum absolute atomic E-state index is 12.7. The monoisotopic (exact) mass is 380 g/mol. The molecule has 1 aromatic heterocycles. The van der Waals surface area contributed by atoms with Gasteiger partial charge in [0.15, 0.2) is 0 Å². The molecule has 1 aromatic carbocycles. The summed E-state index contributed by atoms with van der Waals surface area (Å²) in [6, 6.07) is 10.3. The Bertz CT molecular complexity index is 805. The molecule has 0 aliphatic carbocycles. The van der Waals surface area contributed by atoms with E-state index in [1.165, 1.54) is 0 Å². The topological polar surface area (TPSA) is 58.6 Å². The van der Waals surface area contributed by atoms with Crippen LogP contribution in [0.5, 0.6) is 0 Å². The van der Waals surface area contributed by atoms with Gasteiger partial charge in [-0.15, -0.1) is 0 Å². The number of nitrogens with zero attached hydrogens (tertiary/aromatic N) is 4. The first-order valence-electron chi connectivity index (χ1n) is 10.2. The van der Waals surface area contributed by atoms with Gasteiger partial charge in [-0.2, -0.15) is 0 Å². The highest BCUT2D eigenvalue weighted by Gasteiger charge is 2.32. The average Bonchev–Trinajstić information content (AvgIpc) is 3.28. The maximum Gasteiger partial charge on any atom is 0.274 e. The molecule has 0 unspecified atom stereocenters. The van der Waals surface area contributed by atoms with Crippen molar-refractivity contribution in [3.05, 3.63) is 54.0 Å². The predicted octanol–water partition coefficient (Wildman–Crippen LogP) is 3.32. The van der Waals surface area contributed by atoms with E-state index in [1.54, 1.807) is 12.4 Å². The minimum Gasteiger partial charge on any atom is -0.366 e. The van der Waals surface area contributed by atoms with E-state index in [9.17, 15) is 4.79 Å². The minimum absolute atomic E-state index is 0.0138. The van der Waals surface area contributed by atoms with Crippen molar-refractivity contribution in [3.63, 3.8) is 0 Å². The summed E-state index contributed by atoms with van der Waals surface area (Å²) in [4.78, 5) is 25.8. The quantitative estimate of drug-likeness (QED) is 0.814. The smallest absolute Gasteiger partial charge is 0.274 e. The lowest BCUT2D eigenvalue weighted by Crippen LogP contribution is -2.46. The number of hydrogen-bond donors (Lipinski definition) is 0. The van der Waals surface area contributed by atoms with E-state index < -0.39 is 0 Å². The second-order valence-corrected chi connectivity index (χ2v) is 7.98. The van der Waals surface area contributed by atoms with Crippen LogP contribution in [0.4, 0.5) is 5.82 Å². The van der Waals surface area contributed by atoms with Gasteiger partial charge >= 0.3 is 0 Å². The number of hydrogen-bond acceptors (Lipinski definition) is 5. The molecule has 3 heterocycles. The summed E-state index contributed by atoms with van der Waals surface area (Å²) in [6.45, 7) is 7.42. The third-order valence-electron chi connectivity index (χ3n) is 5.60. The van der Waals surface area contributed by atoms with Gasteiger partial charge in [-0.3, -0.25) is 9.78 Å². The maximum atomic E-state index is 12.7. The number of ether oxygens (including phenoxy) is 1. The molecule has 6 nitrogen and oxygen atoms in total. The van der Waals surface area contributed by atoms with Crippen molar-refractivity contribution in [1.29, 1.82) is 0 Å². The lowest BCUT2D eigenvalue weighted by Gasteiger charge is -2.40. The van der Waals surface area contributed by atoms with Crippen LogP contribution in [-0.4, -0.2) is 53.1 Å². The third-order valence-corrected chi connectivity index (χ3v) is 5.60. The third kappa shape index (κ3) is 4.02. The highest BCUT2D eigenvalue weighted by molar-refractivity contribution is 5.92. The lowest BCUT2D eigenvalue weighted by molar-refractivity contribution is -0.0501. The second kappa shape index (κ2) is 8.27. The number of amides is 1. The fourth-order valence-corrected chi connectivity index (χ4v) is 3.89. The van der Waals surface area contributed by atoms with Crippen LogP contribution in [0.15, 0.2) is 42.7 Å². The molecule has 6 heteroatoms. The molecular weight excluding hydrogens is 352 g/mol. The number of carbonyl (C=O) groups is 1. The second-order valence-electron chi connectivity index (χ2n) is 7.98. The molecule has 4 rings (SSSR count). The number of likely N-dealkylation sites (tertiary alicyclic amines) is 1. The highest BCUT2D eigenvalue weighted by Crippen LogP contribution is 2.30. The van der Waals surface area contributed by atoms with E-state index in [0.29, 0.717) is 18.2 Å². The van der Waals surface area contributed by atoms with E-state index >= 15 is 0 Å². The van der Waals surface area contributed by atoms with Crippen LogP contribution in [-0.2, 0) is 4.74 Å². The SMILES string of the molecule is CC(C)[C@H]1CN(c2cncc(C(=O)N3CCCC3)n2)C[C@@H](c2ccccc2)O1. The van der Waals surface area contributed by atoms with Crippen LogP contribution in [0.2, 0.25) is 0 Å². The van der Waals surface area contributed by atoms with Gasteiger partial charge in [0.05, 0.1) is 18.5 Å². The molecule has 148 valence electrons. The number of morpholine rings is 1. The molecule has 2 aliphatic heterocycles. The molecule has 0 saturated carbocycles. The molecular formula is C22H28N4O2. The molecule has 2 aromatic rings. The molecule has 0 radical (unpaired) electrons. The van der Waals surface area contributed by atoms with Gasteiger partial charge in [0.1, 0.15) is 17.6 Å². The average molecular weight is 380 g/mol. The van der Waals surface area contributed by atoms with Gasteiger partial charge in [-0.1, -0.05) is 44.2 Å². The Balaban J connectivity index is 1.58. The molecule has 2 saturated heterocycles. The van der Waals surface area contributed by atoms with E-state index in [1.807, 2.05) is 23.1 Å². The van der Waals surface area contributed by atoms with E-state index in [2.05, 4.69) is 40.8 Å². The summed E-state index contributed by atoms with van der Waals surface area (Å²) in [7, 11) is 0. The number of anilines is 1. The number of benzene rings is 1. The van der Waals surface area contributed by atoms with Crippen molar-refractivity contribution in [2.45, 2.75) is 38.9 Å². The van der Waals surface area contributed by atoms with Crippen molar-refractivity contribution in [1.82, 2.24) is 14.9 Å². The van der Waals surface area contributed by atoms with Gasteiger partial charge < -0.3 is 14.5 Å². The van der Waals surface area contributed by atoms with E-state index in [0.717, 1.165) is 43.9 Å². The van der Waals surface area contributed by atoms with Crippen LogP contribution >= 0.6 is 0 Å². The number of rotatable bonds is 4. The fourth-order valence-electron chi connectivity index (χ4n) is 3.89. The molecule has 0 spiro atoms. The Labute approximate surface area is 166 Å². The summed E-state index contributed by atoms with van der Waals surface area (Å²) in [5.74, 6) is 1.12. The summed E-state index contributed by atoms with van der Waals surface area (Å²) >= 11 is 0. The first kappa shape index (κ1) is 18.9. The predicted molar refractivity (Wildman–Crippen MR) is 108 cm³/mol. The van der Waals surface area contributed by atoms with Crippen molar-refractivity contribution in [2.75, 3.05) is 31.1 Å². The molecule has 0 bridgehead atoms. The summed E-state index contributed by atoms with van der Waals surface area (Å²) in [5, 5.41) is 0. The molecule has 2 atom stereocenters. The van der Waals surface area contributed by atoms with Crippen molar-refractivity contribution >= 4 is 11.7 Å². The largest absolute Gasteiger partial charge is 0.366 e. The highest BCUT2D eigenvalue weighted by atomic mass is 16.5. The van der Waals surface area contributed by atoms with Crippen molar-refractivity contribution < 1.29 is 9.53 Å². The first-order chi connectivity index (χ1) is 13.6. The normalized spacial score (nSPS) is 22.7. The first-order valence-corrected chi connectivity index (χ1v) is 10.2. The standard InChI is InChI=1S/C22H28N4O2/c1-16(2)19-14-26(15-20(28-19)17-8-4-3-5-9-17)21-13-23-12-18(24-21)22(27)25-10-6-7-11-25/h3-5,8-9,12-13,16,19-20H,6-7,10-11,14-15H2,1-2H3/t19-,20+/m1/s1. The zero-order valence-corrected chi connectivity index (χ0v) is 16.6. The zero-order chi connectivity index (χ0) is 19.5. The van der Waals surface area contributed by atoms with Gasteiger partial charge in [-0.25, -0.2) is 4.98 Å². The van der Waals surface area contributed by atoms with Crippen LogP contribution < -0.4 is 4.90 Å². The van der Waals surface area contributed by atoms with E-state index in [-0.39, 0.29) is 18.1 Å².